The molecule has 24 heavy (non-hydrogen) atoms. The Morgan fingerprint density at radius 2 is 1.75 bits per heavy atom. The van der Waals surface area contributed by atoms with E-state index in [9.17, 15) is 0 Å². The maximum atomic E-state index is 7.64. The average Bonchev–Trinajstić information content (AvgIpc) is 3.02. The molecule has 0 amide bonds. The first kappa shape index (κ1) is 15.7. The predicted octanol–water partition coefficient (Wildman–Crippen LogP) is 4.06. The molecule has 0 aliphatic rings. The Hall–Kier alpha value is -3.15. The summed E-state index contributed by atoms with van der Waals surface area (Å²) >= 11 is 0. The number of methoxy groups -OCH3 is 2. The number of rotatable bonds is 5. The Kier molecular flexibility index (Phi) is 4.29. The zero-order chi connectivity index (χ0) is 17.1. The van der Waals surface area contributed by atoms with Gasteiger partial charge < -0.3 is 14.0 Å². The van der Waals surface area contributed by atoms with Gasteiger partial charge in [0.05, 0.1) is 14.2 Å². The van der Waals surface area contributed by atoms with Gasteiger partial charge in [-0.15, -0.1) is 5.11 Å². The highest BCUT2D eigenvalue weighted by Gasteiger charge is 2.07. The van der Waals surface area contributed by atoms with Crippen molar-refractivity contribution in [3.8, 4) is 11.5 Å². The highest BCUT2D eigenvalue weighted by Crippen LogP contribution is 2.25. The van der Waals surface area contributed by atoms with Crippen LogP contribution in [0.25, 0.3) is 10.9 Å². The zero-order valence-electron chi connectivity index (χ0n) is 13.5. The summed E-state index contributed by atoms with van der Waals surface area (Å²) in [7, 11) is 3.27. The summed E-state index contributed by atoms with van der Waals surface area (Å²) in [5.74, 6) is 1.48. The van der Waals surface area contributed by atoms with Gasteiger partial charge in [-0.3, -0.25) is 5.41 Å². The van der Waals surface area contributed by atoms with E-state index >= 15 is 0 Å². The fourth-order valence-corrected chi connectivity index (χ4v) is 2.70. The lowest BCUT2D eigenvalue weighted by molar-refractivity contribution is 0.393. The van der Waals surface area contributed by atoms with Crippen LogP contribution in [0.5, 0.6) is 11.5 Å². The maximum absolute atomic E-state index is 7.64. The highest BCUT2D eigenvalue weighted by atomic mass is 16.5. The molecule has 6 heteroatoms. The lowest BCUT2D eigenvalue weighted by Crippen LogP contribution is -2.00. The molecular formula is C18H18N4O2. The third-order valence-corrected chi connectivity index (χ3v) is 3.92. The molecule has 0 unspecified atom stereocenters. The maximum Gasteiger partial charge on any atom is 0.173 e. The summed E-state index contributed by atoms with van der Waals surface area (Å²) in [5.41, 5.74) is 9.72. The molecule has 0 atom stereocenters. The van der Waals surface area contributed by atoms with E-state index < -0.39 is 0 Å². The van der Waals surface area contributed by atoms with Crippen molar-refractivity contribution in [2.45, 2.75) is 6.54 Å². The minimum absolute atomic E-state index is 0.0396. The van der Waals surface area contributed by atoms with E-state index in [0.717, 1.165) is 28.0 Å². The molecular weight excluding hydrogens is 304 g/mol. The molecule has 0 bridgehead atoms. The van der Waals surface area contributed by atoms with Crippen molar-refractivity contribution < 1.29 is 9.47 Å². The predicted molar refractivity (Wildman–Crippen MR) is 92.6 cm³/mol. The quantitative estimate of drug-likeness (QED) is 0.422. The second-order valence-electron chi connectivity index (χ2n) is 5.40. The van der Waals surface area contributed by atoms with Gasteiger partial charge in [0.15, 0.2) is 5.84 Å². The fraction of sp³-hybridized carbons (Fsp3) is 0.167. The number of fused-ring (bicyclic) bond motifs is 1. The summed E-state index contributed by atoms with van der Waals surface area (Å²) in [4.78, 5) is 0. The van der Waals surface area contributed by atoms with Gasteiger partial charge in [0.25, 0.3) is 0 Å². The normalized spacial score (nSPS) is 10.6. The number of nitrogens with zero attached hydrogens (tertiary/aromatic N) is 2. The first-order chi connectivity index (χ1) is 11.6. The Morgan fingerprint density at radius 3 is 2.38 bits per heavy atom. The lowest BCUT2D eigenvalue weighted by atomic mass is 10.1. The van der Waals surface area contributed by atoms with E-state index in [1.807, 2.05) is 48.7 Å². The molecule has 0 aliphatic heterocycles. The van der Waals surface area contributed by atoms with Crippen molar-refractivity contribution in [1.82, 2.24) is 4.57 Å². The lowest BCUT2D eigenvalue weighted by Gasteiger charge is -2.10. The molecule has 3 rings (SSSR count). The molecule has 0 fully saturated rings. The number of nitrogens with one attached hydrogen (secondary N) is 2. The van der Waals surface area contributed by atoms with Gasteiger partial charge in [-0.1, -0.05) is 0 Å². The van der Waals surface area contributed by atoms with Crippen LogP contribution in [0.4, 0.5) is 0 Å². The highest BCUT2D eigenvalue weighted by molar-refractivity contribution is 5.99. The number of benzene rings is 2. The number of hydrogen-bond donors (Lipinski definition) is 2. The molecule has 1 aromatic heterocycles. The van der Waals surface area contributed by atoms with Gasteiger partial charge in [-0.2, -0.15) is 0 Å². The molecule has 0 spiro atoms. The largest absolute Gasteiger partial charge is 0.497 e. The molecule has 3 aromatic rings. The van der Waals surface area contributed by atoms with Gasteiger partial charge in [-0.25, -0.2) is 5.53 Å². The van der Waals surface area contributed by atoms with Crippen molar-refractivity contribution in [2.24, 2.45) is 5.11 Å². The summed E-state index contributed by atoms with van der Waals surface area (Å²) in [5, 5.41) is 11.8. The van der Waals surface area contributed by atoms with Crippen LogP contribution < -0.4 is 9.47 Å². The van der Waals surface area contributed by atoms with Crippen molar-refractivity contribution in [2.75, 3.05) is 14.2 Å². The number of amidine groups is 1. The fourth-order valence-electron chi connectivity index (χ4n) is 2.70. The Balaban J connectivity index is 1.96. The molecule has 1 heterocycles. The first-order valence-electron chi connectivity index (χ1n) is 7.42. The minimum Gasteiger partial charge on any atom is -0.497 e. The zero-order valence-corrected chi connectivity index (χ0v) is 13.5. The summed E-state index contributed by atoms with van der Waals surface area (Å²) in [6.45, 7) is 0.677. The average molecular weight is 322 g/mol. The Bertz CT molecular complexity index is 892. The van der Waals surface area contributed by atoms with Gasteiger partial charge in [-0.05, 0) is 42.0 Å². The Labute approximate surface area is 139 Å². The first-order valence-corrected chi connectivity index (χ1v) is 7.42. The monoisotopic (exact) mass is 322 g/mol. The van der Waals surface area contributed by atoms with E-state index in [2.05, 4.69) is 9.68 Å². The van der Waals surface area contributed by atoms with Gasteiger partial charge in [0.2, 0.25) is 0 Å². The van der Waals surface area contributed by atoms with E-state index in [0.29, 0.717) is 12.1 Å². The van der Waals surface area contributed by atoms with Crippen LogP contribution in [-0.2, 0) is 6.54 Å². The molecule has 0 saturated carbocycles. The van der Waals surface area contributed by atoms with Crippen LogP contribution in [-0.4, -0.2) is 24.6 Å². The van der Waals surface area contributed by atoms with Crippen molar-refractivity contribution in [3.63, 3.8) is 0 Å². The molecule has 2 aromatic carbocycles. The van der Waals surface area contributed by atoms with Crippen LogP contribution in [0.1, 0.15) is 11.1 Å². The van der Waals surface area contributed by atoms with E-state index in [1.54, 1.807) is 14.2 Å². The minimum atomic E-state index is -0.0396. The van der Waals surface area contributed by atoms with E-state index in [-0.39, 0.29) is 5.84 Å². The van der Waals surface area contributed by atoms with E-state index in [4.69, 9.17) is 20.4 Å². The van der Waals surface area contributed by atoms with Crippen LogP contribution in [0.3, 0.4) is 0 Å². The molecule has 2 N–H and O–H groups in total. The molecule has 0 aliphatic carbocycles. The second-order valence-corrected chi connectivity index (χ2v) is 5.40. The third-order valence-electron chi connectivity index (χ3n) is 3.92. The van der Waals surface area contributed by atoms with Gasteiger partial charge >= 0.3 is 0 Å². The standard InChI is InChI=1S/C18H18N4O2/c1-23-15-7-12(8-16(10-15)24-2)11-22-6-5-13-9-14(18(19)21-20)3-4-17(13)22/h3-10,19-20H,11H2,1-2H3. The van der Waals surface area contributed by atoms with Crippen LogP contribution in [0, 0.1) is 10.9 Å². The van der Waals surface area contributed by atoms with Crippen molar-refractivity contribution >= 4 is 16.7 Å². The van der Waals surface area contributed by atoms with E-state index in [1.165, 1.54) is 0 Å². The third kappa shape index (κ3) is 2.99. The molecule has 0 saturated heterocycles. The number of hydrogen-bond acceptors (Lipinski definition) is 4. The summed E-state index contributed by atoms with van der Waals surface area (Å²) in [6, 6.07) is 13.4. The van der Waals surface area contributed by atoms with Crippen LogP contribution >= 0.6 is 0 Å². The van der Waals surface area contributed by atoms with Crippen molar-refractivity contribution in [3.05, 3.63) is 59.8 Å². The van der Waals surface area contributed by atoms with Gasteiger partial charge in [0.1, 0.15) is 11.5 Å². The van der Waals surface area contributed by atoms with Crippen LogP contribution in [0.2, 0.25) is 0 Å². The Morgan fingerprint density at radius 1 is 1.04 bits per heavy atom. The van der Waals surface area contributed by atoms with Crippen molar-refractivity contribution in [1.29, 1.82) is 10.9 Å². The SMILES string of the molecule is COc1cc(Cn2ccc3cc(C(=N)N=N)ccc32)cc(OC)c1. The van der Waals surface area contributed by atoms with Crippen LogP contribution in [0.15, 0.2) is 53.8 Å². The number of aromatic nitrogens is 1. The summed E-state index contributed by atoms with van der Waals surface area (Å²) in [6.07, 6.45) is 2.00. The second kappa shape index (κ2) is 6.54. The topological polar surface area (TPSA) is 83.5 Å². The van der Waals surface area contributed by atoms with Gasteiger partial charge in [0, 0.05) is 35.3 Å². The molecule has 6 nitrogen and oxygen atoms in total. The smallest absolute Gasteiger partial charge is 0.173 e. The number of ether oxygens (including phenoxy) is 2. The summed E-state index contributed by atoms with van der Waals surface area (Å²) < 4.78 is 12.8. The molecule has 0 radical (unpaired) electrons. The molecule has 122 valence electrons.